The fraction of sp³-hybridized carbons (Fsp3) is 1.00. The molecule has 2 unspecified atom stereocenters. The molecule has 3 nitrogen and oxygen atoms in total. The molecule has 1 aliphatic heterocycles. The van der Waals surface area contributed by atoms with E-state index in [1.807, 2.05) is 18.7 Å². The van der Waals surface area contributed by atoms with Gasteiger partial charge in [-0.25, -0.2) is 0 Å². The van der Waals surface area contributed by atoms with Crippen LogP contribution in [0.15, 0.2) is 0 Å². The van der Waals surface area contributed by atoms with E-state index in [9.17, 15) is 13.2 Å². The summed E-state index contributed by atoms with van der Waals surface area (Å²) in [6.07, 6.45) is 5.27. The zero-order valence-electron chi connectivity index (χ0n) is 17.4. The summed E-state index contributed by atoms with van der Waals surface area (Å²) in [5, 5.41) is 0. The molecule has 2 atom stereocenters. The van der Waals surface area contributed by atoms with E-state index in [1.165, 1.54) is 32.1 Å². The second-order valence-corrected chi connectivity index (χ2v) is 8.45. The van der Waals surface area contributed by atoms with E-state index in [0.29, 0.717) is 12.6 Å². The zero-order chi connectivity index (χ0) is 19.9. The standard InChI is InChI=1S/C21H39F3N2O/c1-4-17(3)26-15-14-25(16-20(26)21(22,23)24)13-7-6-8-18-9-11-19(12-10-18)27-5-2/h17-20H,4-16H2,1-3H3. The fourth-order valence-electron chi connectivity index (χ4n) is 4.70. The molecule has 27 heavy (non-hydrogen) atoms. The quantitative estimate of drug-likeness (QED) is 0.508. The van der Waals surface area contributed by atoms with Gasteiger partial charge in [0, 0.05) is 32.3 Å². The van der Waals surface area contributed by atoms with E-state index in [2.05, 4.69) is 6.92 Å². The Morgan fingerprint density at radius 1 is 1.04 bits per heavy atom. The van der Waals surface area contributed by atoms with Crippen LogP contribution in [0.1, 0.15) is 72.1 Å². The van der Waals surface area contributed by atoms with E-state index in [-0.39, 0.29) is 12.6 Å². The largest absolute Gasteiger partial charge is 0.405 e. The minimum absolute atomic E-state index is 0.00871. The third-order valence-corrected chi connectivity index (χ3v) is 6.57. The van der Waals surface area contributed by atoms with Gasteiger partial charge in [-0.2, -0.15) is 13.2 Å². The predicted molar refractivity (Wildman–Crippen MR) is 104 cm³/mol. The van der Waals surface area contributed by atoms with Crippen molar-refractivity contribution in [3.05, 3.63) is 0 Å². The average Bonchev–Trinajstić information content (AvgIpc) is 2.65. The van der Waals surface area contributed by atoms with Crippen LogP contribution >= 0.6 is 0 Å². The lowest BCUT2D eigenvalue weighted by molar-refractivity contribution is -0.203. The molecule has 0 aromatic rings. The maximum absolute atomic E-state index is 13.5. The average molecular weight is 393 g/mol. The number of ether oxygens (including phenoxy) is 1. The highest BCUT2D eigenvalue weighted by Gasteiger charge is 2.47. The lowest BCUT2D eigenvalue weighted by Crippen LogP contribution is -2.61. The Morgan fingerprint density at radius 2 is 1.74 bits per heavy atom. The smallest absolute Gasteiger partial charge is 0.379 e. The van der Waals surface area contributed by atoms with Crippen LogP contribution in [-0.4, -0.2) is 66.9 Å². The second-order valence-electron chi connectivity index (χ2n) is 8.45. The van der Waals surface area contributed by atoms with Gasteiger partial charge in [0.1, 0.15) is 6.04 Å². The van der Waals surface area contributed by atoms with Gasteiger partial charge in [-0.3, -0.25) is 4.90 Å². The minimum Gasteiger partial charge on any atom is -0.379 e. The molecule has 0 amide bonds. The maximum Gasteiger partial charge on any atom is 0.405 e. The van der Waals surface area contributed by atoms with Crippen LogP contribution < -0.4 is 0 Å². The van der Waals surface area contributed by atoms with Gasteiger partial charge in [0.15, 0.2) is 0 Å². The number of hydrogen-bond acceptors (Lipinski definition) is 3. The number of nitrogens with zero attached hydrogens (tertiary/aromatic N) is 2. The molecule has 1 heterocycles. The Balaban J connectivity index is 1.68. The summed E-state index contributed by atoms with van der Waals surface area (Å²) in [5.41, 5.74) is 0. The molecule has 1 saturated carbocycles. The number of rotatable bonds is 9. The summed E-state index contributed by atoms with van der Waals surface area (Å²) in [4.78, 5) is 3.69. The number of hydrogen-bond donors (Lipinski definition) is 0. The van der Waals surface area contributed by atoms with Crippen molar-refractivity contribution in [2.24, 2.45) is 5.92 Å². The molecule has 0 radical (unpaired) electrons. The molecule has 0 N–H and O–H groups in total. The van der Waals surface area contributed by atoms with Crippen LogP contribution in [0, 0.1) is 5.92 Å². The Kier molecular flexibility index (Phi) is 9.36. The number of unbranched alkanes of at least 4 members (excludes halogenated alkanes) is 1. The van der Waals surface area contributed by atoms with E-state index in [1.54, 1.807) is 4.90 Å². The van der Waals surface area contributed by atoms with Crippen LogP contribution in [0.5, 0.6) is 0 Å². The lowest BCUT2D eigenvalue weighted by Gasteiger charge is -2.44. The molecule has 2 aliphatic rings. The van der Waals surface area contributed by atoms with Gasteiger partial charge in [-0.05, 0) is 64.8 Å². The van der Waals surface area contributed by atoms with Crippen LogP contribution in [-0.2, 0) is 4.74 Å². The maximum atomic E-state index is 13.5. The highest BCUT2D eigenvalue weighted by Crippen LogP contribution is 2.31. The second kappa shape index (κ2) is 11.0. The molecule has 160 valence electrons. The Labute approximate surface area is 163 Å². The summed E-state index contributed by atoms with van der Waals surface area (Å²) in [6, 6.07) is -1.32. The Bertz CT molecular complexity index is 411. The number of alkyl halides is 3. The van der Waals surface area contributed by atoms with Gasteiger partial charge in [-0.1, -0.05) is 19.8 Å². The monoisotopic (exact) mass is 392 g/mol. The van der Waals surface area contributed by atoms with Crippen LogP contribution in [0.2, 0.25) is 0 Å². The Morgan fingerprint density at radius 3 is 2.33 bits per heavy atom. The van der Waals surface area contributed by atoms with Gasteiger partial charge in [0.05, 0.1) is 6.10 Å². The molecule has 2 rings (SSSR count). The molecular weight excluding hydrogens is 353 g/mol. The summed E-state index contributed by atoms with van der Waals surface area (Å²) in [7, 11) is 0. The fourth-order valence-corrected chi connectivity index (χ4v) is 4.70. The first-order valence-electron chi connectivity index (χ1n) is 11.0. The topological polar surface area (TPSA) is 15.7 Å². The minimum atomic E-state index is -4.14. The summed E-state index contributed by atoms with van der Waals surface area (Å²) in [5.74, 6) is 0.784. The van der Waals surface area contributed by atoms with Crippen LogP contribution in [0.3, 0.4) is 0 Å². The molecule has 0 aromatic carbocycles. The first kappa shape index (κ1) is 23.0. The van der Waals surface area contributed by atoms with E-state index in [0.717, 1.165) is 44.9 Å². The summed E-state index contributed by atoms with van der Waals surface area (Å²) in [6.45, 7) is 8.96. The Hall–Kier alpha value is -0.330. The first-order valence-corrected chi connectivity index (χ1v) is 11.0. The van der Waals surface area contributed by atoms with E-state index < -0.39 is 12.2 Å². The van der Waals surface area contributed by atoms with Gasteiger partial charge in [0.2, 0.25) is 0 Å². The molecular formula is C21H39F3N2O. The van der Waals surface area contributed by atoms with Crippen molar-refractivity contribution in [2.75, 3.05) is 32.8 Å². The van der Waals surface area contributed by atoms with Crippen molar-refractivity contribution in [3.63, 3.8) is 0 Å². The van der Waals surface area contributed by atoms with Crippen molar-refractivity contribution >= 4 is 0 Å². The normalized spacial score (nSPS) is 29.8. The SMILES string of the molecule is CCOC1CCC(CCCCN2CCN(C(C)CC)C(C(F)(F)F)C2)CC1. The molecule has 0 bridgehead atoms. The van der Waals surface area contributed by atoms with E-state index >= 15 is 0 Å². The molecule has 0 spiro atoms. The highest BCUT2D eigenvalue weighted by molar-refractivity contribution is 4.89. The zero-order valence-corrected chi connectivity index (χ0v) is 17.4. The van der Waals surface area contributed by atoms with Crippen LogP contribution in [0.4, 0.5) is 13.2 Å². The third-order valence-electron chi connectivity index (χ3n) is 6.57. The summed E-state index contributed by atoms with van der Waals surface area (Å²) < 4.78 is 46.2. The predicted octanol–water partition coefficient (Wildman–Crippen LogP) is 5.10. The van der Waals surface area contributed by atoms with Gasteiger partial charge >= 0.3 is 6.18 Å². The first-order chi connectivity index (χ1) is 12.8. The van der Waals surface area contributed by atoms with Gasteiger partial charge in [0.25, 0.3) is 0 Å². The van der Waals surface area contributed by atoms with Crippen molar-refractivity contribution in [3.8, 4) is 0 Å². The third kappa shape index (κ3) is 7.21. The summed E-state index contributed by atoms with van der Waals surface area (Å²) >= 11 is 0. The van der Waals surface area contributed by atoms with Crippen molar-refractivity contribution in [1.82, 2.24) is 9.80 Å². The van der Waals surface area contributed by atoms with Crippen LogP contribution in [0.25, 0.3) is 0 Å². The van der Waals surface area contributed by atoms with Gasteiger partial charge in [-0.15, -0.1) is 0 Å². The van der Waals surface area contributed by atoms with Gasteiger partial charge < -0.3 is 9.64 Å². The van der Waals surface area contributed by atoms with Crippen molar-refractivity contribution in [1.29, 1.82) is 0 Å². The molecule has 1 saturated heterocycles. The van der Waals surface area contributed by atoms with E-state index in [4.69, 9.17) is 4.74 Å². The molecule has 1 aliphatic carbocycles. The number of piperazine rings is 1. The molecule has 0 aromatic heterocycles. The van der Waals surface area contributed by atoms with Crippen molar-refractivity contribution < 1.29 is 17.9 Å². The van der Waals surface area contributed by atoms with Crippen molar-refractivity contribution in [2.45, 2.75) is 96.5 Å². The lowest BCUT2D eigenvalue weighted by atomic mass is 9.84. The molecule has 6 heteroatoms. The highest BCUT2D eigenvalue weighted by atomic mass is 19.4. The number of halogens is 3. The molecule has 2 fully saturated rings.